The lowest BCUT2D eigenvalue weighted by Gasteiger charge is -2.03. The van der Waals surface area contributed by atoms with E-state index in [0.29, 0.717) is 10.6 Å². The standard InChI is InChI=1S/C6H8N2O2S/c7-3-1-2-11-5(3)4(8)6(9)10/h1-2,4H,7-8H2,(H,9,10). The highest BCUT2D eigenvalue weighted by molar-refractivity contribution is 7.10. The van der Waals surface area contributed by atoms with Gasteiger partial charge < -0.3 is 16.6 Å². The molecule has 1 aromatic heterocycles. The van der Waals surface area contributed by atoms with Crippen LogP contribution in [0, 0.1) is 0 Å². The smallest absolute Gasteiger partial charge is 0.326 e. The van der Waals surface area contributed by atoms with Crippen LogP contribution in [0.4, 0.5) is 5.69 Å². The molecule has 5 heteroatoms. The Morgan fingerprint density at radius 2 is 2.36 bits per heavy atom. The van der Waals surface area contributed by atoms with Gasteiger partial charge in [0.1, 0.15) is 6.04 Å². The number of rotatable bonds is 2. The van der Waals surface area contributed by atoms with Gasteiger partial charge in [0.15, 0.2) is 0 Å². The Kier molecular flexibility index (Phi) is 2.11. The summed E-state index contributed by atoms with van der Waals surface area (Å²) in [6.45, 7) is 0. The summed E-state index contributed by atoms with van der Waals surface area (Å²) < 4.78 is 0. The molecule has 0 radical (unpaired) electrons. The van der Waals surface area contributed by atoms with Gasteiger partial charge in [0.2, 0.25) is 0 Å². The second-order valence-electron chi connectivity index (χ2n) is 2.06. The van der Waals surface area contributed by atoms with Crippen molar-refractivity contribution in [1.82, 2.24) is 0 Å². The largest absolute Gasteiger partial charge is 0.480 e. The molecule has 1 unspecified atom stereocenters. The Morgan fingerprint density at radius 3 is 2.73 bits per heavy atom. The molecule has 0 aliphatic heterocycles. The highest BCUT2D eigenvalue weighted by atomic mass is 32.1. The van der Waals surface area contributed by atoms with Crippen molar-refractivity contribution in [1.29, 1.82) is 0 Å². The second kappa shape index (κ2) is 2.89. The first kappa shape index (κ1) is 8.03. The minimum Gasteiger partial charge on any atom is -0.480 e. The van der Waals surface area contributed by atoms with E-state index in [-0.39, 0.29) is 0 Å². The van der Waals surface area contributed by atoms with E-state index in [4.69, 9.17) is 16.6 Å². The van der Waals surface area contributed by atoms with Gasteiger partial charge in [-0.15, -0.1) is 11.3 Å². The number of carbonyl (C=O) groups is 1. The zero-order valence-electron chi connectivity index (χ0n) is 5.65. The molecule has 0 spiro atoms. The average molecular weight is 172 g/mol. The number of hydrogen-bond donors (Lipinski definition) is 3. The molecular weight excluding hydrogens is 164 g/mol. The second-order valence-corrected chi connectivity index (χ2v) is 3.00. The van der Waals surface area contributed by atoms with E-state index in [1.165, 1.54) is 11.3 Å². The fraction of sp³-hybridized carbons (Fsp3) is 0.167. The third kappa shape index (κ3) is 1.50. The van der Waals surface area contributed by atoms with Crippen molar-refractivity contribution in [3.05, 3.63) is 16.3 Å². The molecule has 1 aromatic rings. The molecule has 0 bridgehead atoms. The van der Waals surface area contributed by atoms with Gasteiger partial charge in [-0.25, -0.2) is 0 Å². The molecule has 1 heterocycles. The van der Waals surface area contributed by atoms with Crippen LogP contribution in [0.25, 0.3) is 0 Å². The Labute approximate surface area is 67.4 Å². The van der Waals surface area contributed by atoms with Crippen LogP contribution in [0.3, 0.4) is 0 Å². The lowest BCUT2D eigenvalue weighted by molar-refractivity contribution is -0.138. The Balaban J connectivity index is 2.92. The van der Waals surface area contributed by atoms with Gasteiger partial charge in [0.25, 0.3) is 0 Å². The minimum atomic E-state index is -1.06. The summed E-state index contributed by atoms with van der Waals surface area (Å²) in [7, 11) is 0. The zero-order chi connectivity index (χ0) is 8.43. The fourth-order valence-corrected chi connectivity index (χ4v) is 1.51. The van der Waals surface area contributed by atoms with E-state index in [0.717, 1.165) is 0 Å². The van der Waals surface area contributed by atoms with Gasteiger partial charge in [-0.2, -0.15) is 0 Å². The number of hydrogen-bond acceptors (Lipinski definition) is 4. The van der Waals surface area contributed by atoms with Crippen LogP contribution < -0.4 is 11.5 Å². The van der Waals surface area contributed by atoms with Crippen LogP contribution in [0.5, 0.6) is 0 Å². The first-order chi connectivity index (χ1) is 5.13. The number of nitrogen functional groups attached to an aromatic ring is 1. The lowest BCUT2D eigenvalue weighted by atomic mass is 10.2. The summed E-state index contributed by atoms with van der Waals surface area (Å²) in [4.78, 5) is 10.9. The molecule has 1 atom stereocenters. The molecule has 1 rings (SSSR count). The van der Waals surface area contributed by atoms with Gasteiger partial charge in [-0.1, -0.05) is 0 Å². The first-order valence-electron chi connectivity index (χ1n) is 2.94. The van der Waals surface area contributed by atoms with Crippen molar-refractivity contribution in [2.24, 2.45) is 5.73 Å². The number of thiophene rings is 1. The molecule has 0 aliphatic carbocycles. The summed E-state index contributed by atoms with van der Waals surface area (Å²) >= 11 is 1.26. The van der Waals surface area contributed by atoms with Crippen molar-refractivity contribution in [2.75, 3.05) is 5.73 Å². The van der Waals surface area contributed by atoms with Crippen molar-refractivity contribution < 1.29 is 9.90 Å². The molecule has 0 saturated carbocycles. The zero-order valence-corrected chi connectivity index (χ0v) is 6.47. The summed E-state index contributed by atoms with van der Waals surface area (Å²) in [5.41, 5.74) is 11.2. The van der Waals surface area contributed by atoms with Gasteiger partial charge in [0.05, 0.1) is 4.88 Å². The molecule has 0 saturated heterocycles. The normalized spacial score (nSPS) is 12.8. The number of carboxylic acid groups (broad SMARTS) is 1. The number of carboxylic acids is 1. The van der Waals surface area contributed by atoms with Crippen LogP contribution in [-0.2, 0) is 4.79 Å². The maximum Gasteiger partial charge on any atom is 0.326 e. The predicted octanol–water partition coefficient (Wildman–Crippen LogP) is 0.415. The van der Waals surface area contributed by atoms with E-state index in [9.17, 15) is 4.79 Å². The molecule has 0 aliphatic rings. The molecule has 60 valence electrons. The van der Waals surface area contributed by atoms with E-state index < -0.39 is 12.0 Å². The van der Waals surface area contributed by atoms with Crippen LogP contribution >= 0.6 is 11.3 Å². The van der Waals surface area contributed by atoms with Crippen molar-refractivity contribution in [2.45, 2.75) is 6.04 Å². The molecule has 5 N–H and O–H groups in total. The first-order valence-corrected chi connectivity index (χ1v) is 3.82. The molecular formula is C6H8N2O2S. The third-order valence-electron chi connectivity index (χ3n) is 1.28. The van der Waals surface area contributed by atoms with Crippen LogP contribution in [-0.4, -0.2) is 11.1 Å². The van der Waals surface area contributed by atoms with E-state index in [1.54, 1.807) is 11.4 Å². The molecule has 4 nitrogen and oxygen atoms in total. The minimum absolute atomic E-state index is 0.449. The number of anilines is 1. The monoisotopic (exact) mass is 172 g/mol. The van der Waals surface area contributed by atoms with Gasteiger partial charge in [-0.3, -0.25) is 4.79 Å². The highest BCUT2D eigenvalue weighted by Crippen LogP contribution is 2.24. The topological polar surface area (TPSA) is 89.3 Å². The summed E-state index contributed by atoms with van der Waals surface area (Å²) in [5.74, 6) is -1.06. The number of aliphatic carboxylic acids is 1. The SMILES string of the molecule is Nc1ccsc1C(N)C(=O)O. The molecule has 11 heavy (non-hydrogen) atoms. The van der Waals surface area contributed by atoms with Crippen molar-refractivity contribution in [3.63, 3.8) is 0 Å². The van der Waals surface area contributed by atoms with E-state index in [2.05, 4.69) is 0 Å². The van der Waals surface area contributed by atoms with E-state index >= 15 is 0 Å². The quantitative estimate of drug-likeness (QED) is 0.603. The Hall–Kier alpha value is -1.07. The van der Waals surface area contributed by atoms with E-state index in [1.807, 2.05) is 0 Å². The average Bonchev–Trinajstić information content (AvgIpc) is 2.33. The van der Waals surface area contributed by atoms with Crippen LogP contribution in [0.2, 0.25) is 0 Å². The Morgan fingerprint density at radius 1 is 1.73 bits per heavy atom. The van der Waals surface area contributed by atoms with Crippen molar-refractivity contribution >= 4 is 23.0 Å². The summed E-state index contributed by atoms with van der Waals surface area (Å²) in [6, 6.07) is 0.651. The van der Waals surface area contributed by atoms with Gasteiger partial charge in [0, 0.05) is 5.69 Å². The predicted molar refractivity (Wildman–Crippen MR) is 43.3 cm³/mol. The maximum absolute atomic E-state index is 10.4. The lowest BCUT2D eigenvalue weighted by Crippen LogP contribution is -2.20. The van der Waals surface area contributed by atoms with Crippen LogP contribution in [0.15, 0.2) is 11.4 Å². The van der Waals surface area contributed by atoms with Crippen molar-refractivity contribution in [3.8, 4) is 0 Å². The van der Waals surface area contributed by atoms with Gasteiger partial charge in [-0.05, 0) is 11.4 Å². The number of nitrogens with two attached hydrogens (primary N) is 2. The maximum atomic E-state index is 10.4. The summed E-state index contributed by atoms with van der Waals surface area (Å²) in [6.07, 6.45) is 0. The molecule has 0 aromatic carbocycles. The fourth-order valence-electron chi connectivity index (χ4n) is 0.696. The summed E-state index contributed by atoms with van der Waals surface area (Å²) in [5, 5.41) is 10.2. The molecule has 0 fully saturated rings. The van der Waals surface area contributed by atoms with Crippen LogP contribution in [0.1, 0.15) is 10.9 Å². The highest BCUT2D eigenvalue weighted by Gasteiger charge is 2.17. The van der Waals surface area contributed by atoms with Gasteiger partial charge >= 0.3 is 5.97 Å². The Bertz CT molecular complexity index is 271. The third-order valence-corrected chi connectivity index (χ3v) is 2.29. The molecule has 0 amide bonds.